The van der Waals surface area contributed by atoms with Crippen LogP contribution in [-0.2, 0) is 0 Å². The molecule has 1 aromatic carbocycles. The normalized spacial score (nSPS) is 13.4. The van der Waals surface area contributed by atoms with Gasteiger partial charge in [0.2, 0.25) is 0 Å². The van der Waals surface area contributed by atoms with Crippen LogP contribution in [0.5, 0.6) is 0 Å². The lowest BCUT2D eigenvalue weighted by atomic mass is 10.1. The molecular weight excluding hydrogens is 215 g/mol. The molecule has 0 radical (unpaired) electrons. The van der Waals surface area contributed by atoms with Gasteiger partial charge in [-0.2, -0.15) is 0 Å². The van der Waals surface area contributed by atoms with E-state index in [4.69, 9.17) is 5.73 Å². The van der Waals surface area contributed by atoms with E-state index in [9.17, 15) is 4.39 Å². The summed E-state index contributed by atoms with van der Waals surface area (Å²) < 4.78 is 13.1. The van der Waals surface area contributed by atoms with Crippen molar-refractivity contribution >= 4 is 0 Å². The maximum atomic E-state index is 13.1. The SMILES string of the molecule is CCC(CC)N(C)CC(N)c1cccc(F)c1. The molecule has 0 heterocycles. The molecule has 0 bridgehead atoms. The molecule has 2 nitrogen and oxygen atoms in total. The number of hydrogen-bond acceptors (Lipinski definition) is 2. The molecule has 1 aromatic rings. The summed E-state index contributed by atoms with van der Waals surface area (Å²) in [7, 11) is 2.08. The second kappa shape index (κ2) is 6.72. The third-order valence-corrected chi connectivity index (χ3v) is 3.33. The van der Waals surface area contributed by atoms with Gasteiger partial charge in [0.15, 0.2) is 0 Å². The van der Waals surface area contributed by atoms with Crippen LogP contribution in [0.25, 0.3) is 0 Å². The summed E-state index contributed by atoms with van der Waals surface area (Å²) in [5, 5.41) is 0. The van der Waals surface area contributed by atoms with Crippen molar-refractivity contribution in [2.24, 2.45) is 5.73 Å². The first-order valence-electron chi connectivity index (χ1n) is 6.29. The van der Waals surface area contributed by atoms with Crippen molar-refractivity contribution in [2.75, 3.05) is 13.6 Å². The van der Waals surface area contributed by atoms with Gasteiger partial charge in [-0.3, -0.25) is 0 Å². The van der Waals surface area contributed by atoms with Gasteiger partial charge in [-0.25, -0.2) is 4.39 Å². The highest BCUT2D eigenvalue weighted by Crippen LogP contribution is 2.15. The molecule has 0 spiro atoms. The van der Waals surface area contributed by atoms with E-state index in [1.165, 1.54) is 12.1 Å². The molecular formula is C14H23FN2. The van der Waals surface area contributed by atoms with Gasteiger partial charge in [-0.05, 0) is 37.6 Å². The first-order valence-corrected chi connectivity index (χ1v) is 6.29. The minimum atomic E-state index is -0.219. The van der Waals surface area contributed by atoms with Crippen molar-refractivity contribution < 1.29 is 4.39 Å². The van der Waals surface area contributed by atoms with E-state index < -0.39 is 0 Å². The first-order chi connectivity index (χ1) is 8.08. The Balaban J connectivity index is 2.62. The zero-order chi connectivity index (χ0) is 12.8. The molecule has 96 valence electrons. The zero-order valence-corrected chi connectivity index (χ0v) is 11.0. The molecule has 2 N–H and O–H groups in total. The lowest BCUT2D eigenvalue weighted by molar-refractivity contribution is 0.217. The third-order valence-electron chi connectivity index (χ3n) is 3.33. The highest BCUT2D eigenvalue weighted by Gasteiger charge is 2.15. The Hall–Kier alpha value is -0.930. The second-order valence-corrected chi connectivity index (χ2v) is 4.57. The predicted octanol–water partition coefficient (Wildman–Crippen LogP) is 2.95. The average Bonchev–Trinajstić information content (AvgIpc) is 2.30. The van der Waals surface area contributed by atoms with E-state index in [1.54, 1.807) is 6.07 Å². The van der Waals surface area contributed by atoms with Gasteiger partial charge in [-0.15, -0.1) is 0 Å². The number of benzene rings is 1. The van der Waals surface area contributed by atoms with Gasteiger partial charge < -0.3 is 10.6 Å². The topological polar surface area (TPSA) is 29.3 Å². The largest absolute Gasteiger partial charge is 0.323 e. The molecule has 1 unspecified atom stereocenters. The number of hydrogen-bond donors (Lipinski definition) is 1. The highest BCUT2D eigenvalue weighted by atomic mass is 19.1. The summed E-state index contributed by atoms with van der Waals surface area (Å²) >= 11 is 0. The molecule has 17 heavy (non-hydrogen) atoms. The Labute approximate surface area is 104 Å². The molecule has 0 fully saturated rings. The molecule has 0 saturated carbocycles. The number of halogens is 1. The number of nitrogens with two attached hydrogens (primary N) is 1. The van der Waals surface area contributed by atoms with E-state index in [-0.39, 0.29) is 11.9 Å². The molecule has 0 aliphatic heterocycles. The Morgan fingerprint density at radius 3 is 2.47 bits per heavy atom. The summed E-state index contributed by atoms with van der Waals surface area (Å²) in [4.78, 5) is 2.26. The fraction of sp³-hybridized carbons (Fsp3) is 0.571. The fourth-order valence-electron chi connectivity index (χ4n) is 2.21. The van der Waals surface area contributed by atoms with Crippen LogP contribution in [0.2, 0.25) is 0 Å². The van der Waals surface area contributed by atoms with Gasteiger partial charge in [0.05, 0.1) is 0 Å². The molecule has 1 atom stereocenters. The molecule has 0 aliphatic rings. The van der Waals surface area contributed by atoms with Gasteiger partial charge in [-0.1, -0.05) is 26.0 Å². The van der Waals surface area contributed by atoms with Crippen molar-refractivity contribution in [1.82, 2.24) is 4.90 Å². The quantitative estimate of drug-likeness (QED) is 0.825. The summed E-state index contributed by atoms with van der Waals surface area (Å²) in [6, 6.07) is 6.98. The lowest BCUT2D eigenvalue weighted by Gasteiger charge is -2.28. The van der Waals surface area contributed by atoms with E-state index in [1.807, 2.05) is 6.07 Å². The summed E-state index contributed by atoms with van der Waals surface area (Å²) in [6.07, 6.45) is 2.23. The van der Waals surface area contributed by atoms with Gasteiger partial charge >= 0.3 is 0 Å². The van der Waals surface area contributed by atoms with Crippen LogP contribution in [0, 0.1) is 5.82 Å². The zero-order valence-electron chi connectivity index (χ0n) is 11.0. The maximum absolute atomic E-state index is 13.1. The average molecular weight is 238 g/mol. The van der Waals surface area contributed by atoms with E-state index in [2.05, 4.69) is 25.8 Å². The Kier molecular flexibility index (Phi) is 5.59. The molecule has 0 amide bonds. The van der Waals surface area contributed by atoms with E-state index >= 15 is 0 Å². The smallest absolute Gasteiger partial charge is 0.123 e. The van der Waals surface area contributed by atoms with Crippen LogP contribution >= 0.6 is 0 Å². The van der Waals surface area contributed by atoms with E-state index in [0.29, 0.717) is 6.04 Å². The van der Waals surface area contributed by atoms with Crippen molar-refractivity contribution in [3.63, 3.8) is 0 Å². The minimum absolute atomic E-state index is 0.128. The van der Waals surface area contributed by atoms with Crippen molar-refractivity contribution in [3.05, 3.63) is 35.6 Å². The van der Waals surface area contributed by atoms with Gasteiger partial charge in [0, 0.05) is 18.6 Å². The standard InChI is InChI=1S/C14H23FN2/c1-4-13(5-2)17(3)10-14(16)11-7-6-8-12(15)9-11/h6-9,13-14H,4-5,10,16H2,1-3H3. The van der Waals surface area contributed by atoms with Crippen molar-refractivity contribution in [2.45, 2.75) is 38.8 Å². The third kappa shape index (κ3) is 4.10. The first kappa shape index (κ1) is 14.1. The highest BCUT2D eigenvalue weighted by molar-refractivity contribution is 5.20. The molecule has 1 rings (SSSR count). The predicted molar refractivity (Wildman–Crippen MR) is 70.3 cm³/mol. The number of likely N-dealkylation sites (N-methyl/N-ethyl adjacent to an activating group) is 1. The molecule has 0 aromatic heterocycles. The monoisotopic (exact) mass is 238 g/mol. The Bertz CT molecular complexity index is 337. The van der Waals surface area contributed by atoms with Crippen LogP contribution < -0.4 is 5.73 Å². The van der Waals surface area contributed by atoms with Crippen LogP contribution in [0.1, 0.15) is 38.3 Å². The molecule has 0 saturated heterocycles. The second-order valence-electron chi connectivity index (χ2n) is 4.57. The molecule has 3 heteroatoms. The maximum Gasteiger partial charge on any atom is 0.123 e. The number of rotatable bonds is 6. The van der Waals surface area contributed by atoms with Crippen molar-refractivity contribution in [3.8, 4) is 0 Å². The molecule has 0 aliphatic carbocycles. The summed E-state index contributed by atoms with van der Waals surface area (Å²) in [5.74, 6) is -0.219. The van der Waals surface area contributed by atoms with Crippen LogP contribution in [-0.4, -0.2) is 24.5 Å². The summed E-state index contributed by atoms with van der Waals surface area (Å²) in [6.45, 7) is 5.12. The lowest BCUT2D eigenvalue weighted by Crippen LogP contribution is -2.36. The van der Waals surface area contributed by atoms with Crippen molar-refractivity contribution in [1.29, 1.82) is 0 Å². The Morgan fingerprint density at radius 2 is 1.94 bits per heavy atom. The van der Waals surface area contributed by atoms with Gasteiger partial charge in [0.1, 0.15) is 5.82 Å². The number of nitrogens with zero attached hydrogens (tertiary/aromatic N) is 1. The summed E-state index contributed by atoms with van der Waals surface area (Å²) in [5.41, 5.74) is 6.97. The minimum Gasteiger partial charge on any atom is -0.323 e. The van der Waals surface area contributed by atoms with Crippen LogP contribution in [0.4, 0.5) is 4.39 Å². The van der Waals surface area contributed by atoms with Crippen LogP contribution in [0.3, 0.4) is 0 Å². The van der Waals surface area contributed by atoms with E-state index in [0.717, 1.165) is 24.9 Å². The van der Waals surface area contributed by atoms with Gasteiger partial charge in [0.25, 0.3) is 0 Å². The van der Waals surface area contributed by atoms with Crippen LogP contribution in [0.15, 0.2) is 24.3 Å². The fourth-order valence-corrected chi connectivity index (χ4v) is 2.21. The Morgan fingerprint density at radius 1 is 1.29 bits per heavy atom.